The van der Waals surface area contributed by atoms with Gasteiger partial charge in [-0.1, -0.05) is 11.3 Å². The Labute approximate surface area is 133 Å². The molecule has 0 aliphatic heterocycles. The van der Waals surface area contributed by atoms with Gasteiger partial charge in [0, 0.05) is 0 Å². The van der Waals surface area contributed by atoms with E-state index >= 15 is 0 Å². The summed E-state index contributed by atoms with van der Waals surface area (Å²) < 4.78 is 11.4. The summed E-state index contributed by atoms with van der Waals surface area (Å²) in [7, 11) is 1.20. The van der Waals surface area contributed by atoms with Crippen LogP contribution < -0.4 is 16.8 Å². The highest BCUT2D eigenvalue weighted by Crippen LogP contribution is 2.19. The maximum Gasteiger partial charge on any atom is 0.427 e. The zero-order valence-corrected chi connectivity index (χ0v) is 12.4. The first-order valence-corrected chi connectivity index (χ1v) is 6.68. The van der Waals surface area contributed by atoms with Crippen LogP contribution in [0.15, 0.2) is 33.6 Å². The lowest BCUT2D eigenvalue weighted by molar-refractivity contribution is 0.0882. The van der Waals surface area contributed by atoms with Gasteiger partial charge in [-0.15, -0.1) is 5.10 Å². The maximum atomic E-state index is 12.4. The third-order valence-electron chi connectivity index (χ3n) is 3.14. The molecule has 1 aromatic carbocycles. The van der Waals surface area contributed by atoms with Crippen molar-refractivity contribution in [3.8, 4) is 0 Å². The summed E-state index contributed by atoms with van der Waals surface area (Å²) in [6, 6.07) is 4.70. The Morgan fingerprint density at radius 2 is 2.21 bits per heavy atom. The van der Waals surface area contributed by atoms with Gasteiger partial charge in [0.25, 0.3) is 5.91 Å². The van der Waals surface area contributed by atoms with E-state index in [1.54, 1.807) is 18.2 Å². The molecule has 0 atom stereocenters. The highest BCUT2D eigenvalue weighted by Gasteiger charge is 2.18. The van der Waals surface area contributed by atoms with Crippen molar-refractivity contribution in [2.24, 2.45) is 0 Å². The number of aromatic nitrogens is 4. The number of anilines is 2. The number of hydrogen-bond acceptors (Lipinski definition) is 8. The molecule has 0 saturated heterocycles. The number of fused-ring (bicyclic) bond motifs is 1. The molecule has 0 unspecified atom stereocenters. The van der Waals surface area contributed by atoms with Crippen molar-refractivity contribution in [2.45, 2.75) is 6.54 Å². The number of benzene rings is 1. The number of amides is 1. The molecule has 0 aliphatic carbocycles. The molecule has 0 saturated carbocycles. The van der Waals surface area contributed by atoms with Gasteiger partial charge in [-0.2, -0.15) is 0 Å². The van der Waals surface area contributed by atoms with E-state index in [0.717, 1.165) is 9.25 Å². The van der Waals surface area contributed by atoms with Crippen LogP contribution in [0.2, 0.25) is 0 Å². The lowest BCUT2D eigenvalue weighted by Gasteiger charge is -2.01. The second-order valence-corrected chi connectivity index (χ2v) is 4.71. The van der Waals surface area contributed by atoms with Crippen LogP contribution in [0, 0.1) is 0 Å². The lowest BCUT2D eigenvalue weighted by atomic mass is 10.3. The lowest BCUT2D eigenvalue weighted by Crippen LogP contribution is -2.26. The molecule has 11 nitrogen and oxygen atoms in total. The normalized spacial score (nSPS) is 10.7. The van der Waals surface area contributed by atoms with Crippen molar-refractivity contribution in [3.63, 3.8) is 0 Å². The van der Waals surface area contributed by atoms with Crippen molar-refractivity contribution in [2.75, 3.05) is 18.2 Å². The van der Waals surface area contributed by atoms with Crippen molar-refractivity contribution in [3.05, 3.63) is 34.9 Å². The SMILES string of the molecule is COC(=O)Nc1cn(CC(=O)n2c(=O)oc3c(N)cccc32)nn1. The standard InChI is InChI=1S/C13H12N6O5/c1-23-12(21)15-9-5-18(17-16-9)6-10(20)19-8-4-2-3-7(14)11(8)24-13(19)22/h2-5H,6,14H2,1H3,(H,15,21). The minimum absolute atomic E-state index is 0.100. The molecular formula is C13H12N6O5. The number of rotatable bonds is 3. The van der Waals surface area contributed by atoms with Crippen LogP contribution in [0.1, 0.15) is 4.79 Å². The number of ether oxygens (including phenoxy) is 1. The Morgan fingerprint density at radius 1 is 1.42 bits per heavy atom. The number of para-hydroxylation sites is 1. The Bertz CT molecular complexity index is 984. The number of nitrogen functional groups attached to an aromatic ring is 1. The summed E-state index contributed by atoms with van der Waals surface area (Å²) in [6.07, 6.45) is 0.595. The fourth-order valence-electron chi connectivity index (χ4n) is 2.09. The summed E-state index contributed by atoms with van der Waals surface area (Å²) >= 11 is 0. The number of nitrogens with two attached hydrogens (primary N) is 1. The minimum atomic E-state index is -0.846. The van der Waals surface area contributed by atoms with Crippen molar-refractivity contribution in [1.29, 1.82) is 0 Å². The van der Waals surface area contributed by atoms with Gasteiger partial charge >= 0.3 is 11.8 Å². The van der Waals surface area contributed by atoms with E-state index in [0.29, 0.717) is 0 Å². The summed E-state index contributed by atoms with van der Waals surface area (Å²) in [4.78, 5) is 35.4. The fraction of sp³-hybridized carbons (Fsp3) is 0.154. The molecule has 0 bridgehead atoms. The fourth-order valence-corrected chi connectivity index (χ4v) is 2.09. The third-order valence-corrected chi connectivity index (χ3v) is 3.14. The number of carbonyl (C=O) groups is 2. The van der Waals surface area contributed by atoms with Gasteiger partial charge in [0.2, 0.25) is 0 Å². The second-order valence-electron chi connectivity index (χ2n) is 4.71. The van der Waals surface area contributed by atoms with E-state index in [-0.39, 0.29) is 29.1 Å². The van der Waals surface area contributed by atoms with E-state index in [9.17, 15) is 14.4 Å². The molecule has 2 heterocycles. The van der Waals surface area contributed by atoms with E-state index in [1.165, 1.54) is 13.3 Å². The summed E-state index contributed by atoms with van der Waals surface area (Å²) in [5.74, 6) is -1.34. The van der Waals surface area contributed by atoms with Crippen molar-refractivity contribution >= 4 is 34.6 Å². The van der Waals surface area contributed by atoms with Crippen LogP contribution in [0.5, 0.6) is 0 Å². The smallest absolute Gasteiger partial charge is 0.427 e. The molecule has 3 N–H and O–H groups in total. The summed E-state index contributed by atoms with van der Waals surface area (Å²) in [6.45, 7) is -0.292. The van der Waals surface area contributed by atoms with Crippen LogP contribution in [0.4, 0.5) is 16.3 Å². The van der Waals surface area contributed by atoms with Crippen molar-refractivity contribution < 1.29 is 18.7 Å². The van der Waals surface area contributed by atoms with Gasteiger partial charge < -0.3 is 14.9 Å². The number of nitrogens with zero attached hydrogens (tertiary/aromatic N) is 4. The summed E-state index contributed by atoms with van der Waals surface area (Å²) in [5, 5.41) is 9.64. The molecule has 24 heavy (non-hydrogen) atoms. The average Bonchev–Trinajstić information content (AvgIpc) is 3.11. The van der Waals surface area contributed by atoms with Gasteiger partial charge in [-0.05, 0) is 12.1 Å². The van der Waals surface area contributed by atoms with Gasteiger partial charge in [0.15, 0.2) is 11.4 Å². The first kappa shape index (κ1) is 15.3. The Kier molecular flexibility index (Phi) is 3.74. The average molecular weight is 332 g/mol. The highest BCUT2D eigenvalue weighted by atomic mass is 16.5. The van der Waals surface area contributed by atoms with E-state index in [2.05, 4.69) is 20.4 Å². The van der Waals surface area contributed by atoms with Gasteiger partial charge in [-0.25, -0.2) is 18.8 Å². The molecule has 124 valence electrons. The molecule has 3 rings (SSSR count). The summed E-state index contributed by atoms with van der Waals surface area (Å²) in [5.41, 5.74) is 6.37. The third kappa shape index (κ3) is 2.69. The van der Waals surface area contributed by atoms with Crippen LogP contribution in [0.3, 0.4) is 0 Å². The second kappa shape index (κ2) is 5.87. The zero-order valence-electron chi connectivity index (χ0n) is 12.4. The predicted molar refractivity (Wildman–Crippen MR) is 81.6 cm³/mol. The number of nitrogens with one attached hydrogen (secondary N) is 1. The number of carbonyl (C=O) groups excluding carboxylic acids is 2. The van der Waals surface area contributed by atoms with Crippen LogP contribution in [-0.2, 0) is 11.3 Å². The topological polar surface area (TPSA) is 147 Å². The first-order chi connectivity index (χ1) is 11.5. The molecular weight excluding hydrogens is 320 g/mol. The molecule has 0 aliphatic rings. The molecule has 0 spiro atoms. The molecule has 2 aromatic heterocycles. The van der Waals surface area contributed by atoms with Gasteiger partial charge in [0.05, 0.1) is 19.0 Å². The number of hydrogen-bond donors (Lipinski definition) is 2. The highest BCUT2D eigenvalue weighted by molar-refractivity contribution is 5.93. The predicted octanol–water partition coefficient (Wildman–Crippen LogP) is 0.287. The molecule has 0 radical (unpaired) electrons. The Balaban J connectivity index is 1.86. The monoisotopic (exact) mass is 332 g/mol. The molecule has 1 amide bonds. The van der Waals surface area contributed by atoms with E-state index in [4.69, 9.17) is 10.2 Å². The maximum absolute atomic E-state index is 12.4. The van der Waals surface area contributed by atoms with Crippen LogP contribution >= 0.6 is 0 Å². The quantitative estimate of drug-likeness (QED) is 0.650. The number of oxazole rings is 1. The van der Waals surface area contributed by atoms with E-state index in [1.807, 2.05) is 0 Å². The number of methoxy groups -OCH3 is 1. The largest absolute Gasteiger partial charge is 0.453 e. The van der Waals surface area contributed by atoms with Crippen molar-refractivity contribution in [1.82, 2.24) is 19.6 Å². The van der Waals surface area contributed by atoms with Crippen LogP contribution in [-0.4, -0.2) is 38.7 Å². The Morgan fingerprint density at radius 3 is 2.96 bits per heavy atom. The zero-order chi connectivity index (χ0) is 17.3. The van der Waals surface area contributed by atoms with E-state index < -0.39 is 17.8 Å². The molecule has 3 aromatic rings. The minimum Gasteiger partial charge on any atom is -0.453 e. The molecule has 11 heteroatoms. The first-order valence-electron chi connectivity index (χ1n) is 6.68. The Hall–Kier alpha value is -3.63. The molecule has 0 fully saturated rings. The van der Waals surface area contributed by atoms with Gasteiger partial charge in [0.1, 0.15) is 12.1 Å². The van der Waals surface area contributed by atoms with Gasteiger partial charge in [-0.3, -0.25) is 10.1 Å². The van der Waals surface area contributed by atoms with Crippen LogP contribution in [0.25, 0.3) is 11.1 Å².